The fraction of sp³-hybridized carbons (Fsp3) is 0. The molecule has 0 saturated carbocycles. The van der Waals surface area contributed by atoms with E-state index >= 15 is 0 Å². The highest BCUT2D eigenvalue weighted by atomic mass is 32.1. The molecule has 1 nitrogen and oxygen atoms in total. The van der Waals surface area contributed by atoms with Gasteiger partial charge in [0.2, 0.25) is 0 Å². The quantitative estimate of drug-likeness (QED) is 0.154. The van der Waals surface area contributed by atoms with Crippen molar-refractivity contribution < 1.29 is 0 Å². The molecular weight excluding hydrogens is 695 g/mol. The molecule has 0 aliphatic rings. The van der Waals surface area contributed by atoms with Crippen LogP contribution in [0.1, 0.15) is 0 Å². The van der Waals surface area contributed by atoms with Gasteiger partial charge in [-0.2, -0.15) is 0 Å². The summed E-state index contributed by atoms with van der Waals surface area (Å²) in [4.78, 5) is 2.42. The van der Waals surface area contributed by atoms with Gasteiger partial charge in [-0.05, 0) is 115 Å². The molecule has 0 fully saturated rings. The Hall–Kier alpha value is -7.00. The Kier molecular flexibility index (Phi) is 7.75. The fourth-order valence-electron chi connectivity index (χ4n) is 8.52. The number of thiophene rings is 1. The maximum Gasteiger partial charge on any atom is 0.0540 e. The SMILES string of the molecule is c1cc(-c2ccccc2N(c2ccc(-c3ccc4sc5ccccc5c4c3)cc2)c2ccc3c(ccc4ccccc43)c2)cc(-c2cccc3ccccc23)c1. The second kappa shape index (κ2) is 13.4. The monoisotopic (exact) mass is 729 g/mol. The number of fused-ring (bicyclic) bond motifs is 7. The maximum atomic E-state index is 2.42. The molecule has 0 saturated heterocycles. The summed E-state index contributed by atoms with van der Waals surface area (Å²) in [5.74, 6) is 0. The summed E-state index contributed by atoms with van der Waals surface area (Å²) < 4.78 is 2.65. The van der Waals surface area contributed by atoms with Crippen molar-refractivity contribution in [3.8, 4) is 33.4 Å². The molecule has 0 aliphatic carbocycles. The first-order valence-corrected chi connectivity index (χ1v) is 20.0. The number of anilines is 3. The molecule has 0 spiro atoms. The van der Waals surface area contributed by atoms with E-state index in [4.69, 9.17) is 0 Å². The van der Waals surface area contributed by atoms with Crippen LogP contribution in [0.3, 0.4) is 0 Å². The van der Waals surface area contributed by atoms with Gasteiger partial charge in [-0.3, -0.25) is 0 Å². The van der Waals surface area contributed by atoms with Crippen LogP contribution in [-0.4, -0.2) is 0 Å². The van der Waals surface area contributed by atoms with Crippen LogP contribution in [0.4, 0.5) is 17.1 Å². The predicted molar refractivity (Wildman–Crippen MR) is 243 cm³/mol. The summed E-state index contributed by atoms with van der Waals surface area (Å²) in [5, 5.41) is 10.2. The molecule has 11 rings (SSSR count). The van der Waals surface area contributed by atoms with Crippen LogP contribution >= 0.6 is 11.3 Å². The van der Waals surface area contributed by atoms with Crippen molar-refractivity contribution in [3.05, 3.63) is 212 Å². The molecule has 0 amide bonds. The summed E-state index contributed by atoms with van der Waals surface area (Å²) in [6, 6.07) is 77.8. The van der Waals surface area contributed by atoms with Gasteiger partial charge < -0.3 is 4.90 Å². The van der Waals surface area contributed by atoms with Crippen LogP contribution in [-0.2, 0) is 0 Å². The molecule has 56 heavy (non-hydrogen) atoms. The fourth-order valence-corrected chi connectivity index (χ4v) is 9.61. The van der Waals surface area contributed by atoms with Crippen LogP contribution in [0.2, 0.25) is 0 Å². The van der Waals surface area contributed by atoms with E-state index in [2.05, 4.69) is 217 Å². The average Bonchev–Trinajstić information content (AvgIpc) is 3.65. The minimum absolute atomic E-state index is 1.11. The van der Waals surface area contributed by atoms with Gasteiger partial charge >= 0.3 is 0 Å². The molecule has 1 aromatic heterocycles. The Balaban J connectivity index is 1.06. The molecule has 0 N–H and O–H groups in total. The number of hydrogen-bond acceptors (Lipinski definition) is 2. The maximum absolute atomic E-state index is 2.42. The van der Waals surface area contributed by atoms with Crippen molar-refractivity contribution in [1.82, 2.24) is 0 Å². The molecular formula is C54H35NS. The zero-order chi connectivity index (χ0) is 37.0. The normalized spacial score (nSPS) is 11.6. The van der Waals surface area contributed by atoms with Gasteiger partial charge in [0.25, 0.3) is 0 Å². The zero-order valence-electron chi connectivity index (χ0n) is 30.6. The van der Waals surface area contributed by atoms with Crippen molar-refractivity contribution in [3.63, 3.8) is 0 Å². The van der Waals surface area contributed by atoms with Gasteiger partial charge in [0, 0.05) is 37.1 Å². The summed E-state index contributed by atoms with van der Waals surface area (Å²) in [5.41, 5.74) is 10.6. The van der Waals surface area contributed by atoms with Crippen molar-refractivity contribution in [2.24, 2.45) is 0 Å². The van der Waals surface area contributed by atoms with Gasteiger partial charge in [-0.15, -0.1) is 11.3 Å². The third-order valence-electron chi connectivity index (χ3n) is 11.2. The van der Waals surface area contributed by atoms with Crippen molar-refractivity contribution in [2.45, 2.75) is 0 Å². The lowest BCUT2D eigenvalue weighted by Gasteiger charge is -2.28. The van der Waals surface area contributed by atoms with Crippen LogP contribution in [0.15, 0.2) is 212 Å². The second-order valence-corrected chi connectivity index (χ2v) is 15.6. The van der Waals surface area contributed by atoms with Crippen molar-refractivity contribution in [1.29, 1.82) is 0 Å². The molecule has 262 valence electrons. The summed E-state index contributed by atoms with van der Waals surface area (Å²) in [7, 11) is 0. The first kappa shape index (κ1) is 32.4. The molecule has 2 heteroatoms. The van der Waals surface area contributed by atoms with E-state index < -0.39 is 0 Å². The number of rotatable bonds is 6. The highest BCUT2D eigenvalue weighted by molar-refractivity contribution is 7.25. The minimum atomic E-state index is 1.11. The van der Waals surface area contributed by atoms with Gasteiger partial charge in [0.1, 0.15) is 0 Å². The number of hydrogen-bond donors (Lipinski definition) is 0. The molecule has 10 aromatic carbocycles. The van der Waals surface area contributed by atoms with Gasteiger partial charge in [-0.25, -0.2) is 0 Å². The predicted octanol–water partition coefficient (Wildman–Crippen LogP) is 16.0. The van der Waals surface area contributed by atoms with Crippen LogP contribution < -0.4 is 4.90 Å². The summed E-state index contributed by atoms with van der Waals surface area (Å²) in [6.45, 7) is 0. The van der Waals surface area contributed by atoms with Crippen LogP contribution in [0.25, 0.3) is 85.9 Å². The zero-order valence-corrected chi connectivity index (χ0v) is 31.4. The minimum Gasteiger partial charge on any atom is -0.310 e. The Morgan fingerprint density at radius 2 is 0.875 bits per heavy atom. The lowest BCUT2D eigenvalue weighted by molar-refractivity contribution is 1.29. The standard InChI is InChI=1S/C54H35NS/c1-3-16-45-37(11-1)13-10-20-47(45)40-14-9-15-41(33-40)49-18-5-7-21-52(49)55(44-30-31-48-42(34-44)24-23-38-12-2-4-17-46(38)48)43-28-25-36(26-29-43)39-27-32-54-51(35-39)50-19-6-8-22-53(50)56-54/h1-35H. The first-order chi connectivity index (χ1) is 27.7. The molecule has 11 aromatic rings. The largest absolute Gasteiger partial charge is 0.310 e. The third-order valence-corrected chi connectivity index (χ3v) is 12.4. The van der Waals surface area contributed by atoms with Crippen molar-refractivity contribution >= 4 is 80.9 Å². The van der Waals surface area contributed by atoms with E-state index in [1.165, 1.54) is 85.9 Å². The Morgan fingerprint density at radius 3 is 1.75 bits per heavy atom. The number of nitrogens with zero attached hydrogens (tertiary/aromatic N) is 1. The van der Waals surface area contributed by atoms with E-state index in [1.54, 1.807) is 0 Å². The number of para-hydroxylation sites is 1. The molecule has 0 atom stereocenters. The van der Waals surface area contributed by atoms with Gasteiger partial charge in [0.05, 0.1) is 5.69 Å². The lowest BCUT2D eigenvalue weighted by atomic mass is 9.94. The van der Waals surface area contributed by atoms with Gasteiger partial charge in [0.15, 0.2) is 0 Å². The molecule has 0 aliphatic heterocycles. The topological polar surface area (TPSA) is 3.24 Å². The first-order valence-electron chi connectivity index (χ1n) is 19.2. The van der Waals surface area contributed by atoms with E-state index in [-0.39, 0.29) is 0 Å². The summed E-state index contributed by atoms with van der Waals surface area (Å²) in [6.07, 6.45) is 0. The Morgan fingerprint density at radius 1 is 0.286 bits per heavy atom. The highest BCUT2D eigenvalue weighted by Crippen LogP contribution is 2.44. The van der Waals surface area contributed by atoms with E-state index in [1.807, 2.05) is 11.3 Å². The van der Waals surface area contributed by atoms with Crippen molar-refractivity contribution in [2.75, 3.05) is 4.90 Å². The van der Waals surface area contributed by atoms with E-state index in [9.17, 15) is 0 Å². The van der Waals surface area contributed by atoms with E-state index in [0.29, 0.717) is 0 Å². The van der Waals surface area contributed by atoms with E-state index in [0.717, 1.165) is 17.1 Å². The Bertz CT molecular complexity index is 3260. The Labute approximate surface area is 330 Å². The molecule has 1 heterocycles. The summed E-state index contributed by atoms with van der Waals surface area (Å²) >= 11 is 1.86. The molecule has 0 unspecified atom stereocenters. The number of benzene rings is 10. The van der Waals surface area contributed by atoms with Gasteiger partial charge in [-0.1, -0.05) is 158 Å². The van der Waals surface area contributed by atoms with Crippen LogP contribution in [0, 0.1) is 0 Å². The molecule has 0 radical (unpaired) electrons. The molecule has 0 bridgehead atoms. The highest BCUT2D eigenvalue weighted by Gasteiger charge is 2.19. The smallest absolute Gasteiger partial charge is 0.0540 e. The third kappa shape index (κ3) is 5.54. The second-order valence-electron chi connectivity index (χ2n) is 14.5. The lowest BCUT2D eigenvalue weighted by Crippen LogP contribution is -2.11. The van der Waals surface area contributed by atoms with Crippen LogP contribution in [0.5, 0.6) is 0 Å². The average molecular weight is 730 g/mol.